The molecule has 3 atom stereocenters. The zero-order valence-corrected chi connectivity index (χ0v) is 13.4. The molecule has 1 aliphatic carbocycles. The summed E-state index contributed by atoms with van der Waals surface area (Å²) in [5.74, 6) is 1.66. The number of hydrogen-bond donors (Lipinski definition) is 1. The molecule has 0 amide bonds. The van der Waals surface area contributed by atoms with Gasteiger partial charge in [0.25, 0.3) is 0 Å². The lowest BCUT2D eigenvalue weighted by atomic mass is 9.85. The molecule has 1 aliphatic rings. The Hall–Kier alpha value is -0.860. The molecule has 1 N–H and O–H groups in total. The summed E-state index contributed by atoms with van der Waals surface area (Å²) in [6, 6.07) is 9.41. The van der Waals surface area contributed by atoms with Crippen LogP contribution in [0.15, 0.2) is 29.6 Å². The van der Waals surface area contributed by atoms with Crippen LogP contribution in [-0.4, -0.2) is 6.54 Å². The van der Waals surface area contributed by atoms with Gasteiger partial charge in [0.05, 0.1) is 0 Å². The Balaban J connectivity index is 1.95. The fourth-order valence-electron chi connectivity index (χ4n) is 3.70. The first-order valence-electron chi connectivity index (χ1n) is 8.00. The monoisotopic (exact) mass is 287 g/mol. The smallest absolute Gasteiger partial charge is 0.0365 e. The number of nitrogens with one attached hydrogen (secondary N) is 1. The van der Waals surface area contributed by atoms with Crippen LogP contribution in [0.4, 0.5) is 0 Å². The molecule has 1 nitrogen and oxygen atoms in total. The van der Waals surface area contributed by atoms with E-state index in [1.54, 1.807) is 0 Å². The summed E-state index contributed by atoms with van der Waals surface area (Å²) in [5.41, 5.74) is 1.54. The first-order valence-corrected chi connectivity index (χ1v) is 8.88. The van der Waals surface area contributed by atoms with Crippen molar-refractivity contribution >= 4 is 21.4 Å². The van der Waals surface area contributed by atoms with Crippen LogP contribution in [0.2, 0.25) is 0 Å². The molecule has 1 saturated carbocycles. The second-order valence-corrected chi connectivity index (χ2v) is 7.10. The molecule has 0 aliphatic heterocycles. The highest BCUT2D eigenvalue weighted by Crippen LogP contribution is 2.43. The van der Waals surface area contributed by atoms with Crippen molar-refractivity contribution in [3.8, 4) is 0 Å². The van der Waals surface area contributed by atoms with Gasteiger partial charge in [-0.2, -0.15) is 0 Å². The molecule has 3 unspecified atom stereocenters. The molecule has 0 saturated heterocycles. The quantitative estimate of drug-likeness (QED) is 0.778. The van der Waals surface area contributed by atoms with Crippen molar-refractivity contribution in [2.45, 2.75) is 45.6 Å². The minimum absolute atomic E-state index is 0.545. The minimum atomic E-state index is 0.545. The maximum atomic E-state index is 3.84. The van der Waals surface area contributed by atoms with Gasteiger partial charge in [-0.3, -0.25) is 0 Å². The SMILES string of the molecule is CCCNC(c1csc2ccccc12)C1CCCC1C. The normalized spacial score (nSPS) is 24.3. The molecule has 1 aromatic heterocycles. The fourth-order valence-corrected chi connectivity index (χ4v) is 4.70. The van der Waals surface area contributed by atoms with Gasteiger partial charge in [-0.25, -0.2) is 0 Å². The minimum Gasteiger partial charge on any atom is -0.310 e. The molecule has 2 aromatic rings. The Labute approximate surface area is 126 Å². The first-order chi connectivity index (χ1) is 9.81. The summed E-state index contributed by atoms with van der Waals surface area (Å²) in [6.45, 7) is 5.82. The first kappa shape index (κ1) is 14.1. The van der Waals surface area contributed by atoms with Gasteiger partial charge in [-0.15, -0.1) is 11.3 Å². The number of rotatable bonds is 5. The van der Waals surface area contributed by atoms with Crippen molar-refractivity contribution in [3.63, 3.8) is 0 Å². The van der Waals surface area contributed by atoms with Gasteiger partial charge in [0.2, 0.25) is 0 Å². The van der Waals surface area contributed by atoms with Crippen molar-refractivity contribution in [1.29, 1.82) is 0 Å². The van der Waals surface area contributed by atoms with Gasteiger partial charge < -0.3 is 5.32 Å². The predicted molar refractivity (Wildman–Crippen MR) is 89.4 cm³/mol. The van der Waals surface area contributed by atoms with Crippen LogP contribution in [0.5, 0.6) is 0 Å². The van der Waals surface area contributed by atoms with Gasteiger partial charge in [-0.1, -0.05) is 44.9 Å². The summed E-state index contributed by atoms with van der Waals surface area (Å²) in [7, 11) is 0. The Morgan fingerprint density at radius 3 is 2.90 bits per heavy atom. The average Bonchev–Trinajstić information content (AvgIpc) is 3.07. The van der Waals surface area contributed by atoms with Crippen molar-refractivity contribution in [2.75, 3.05) is 6.54 Å². The molecular weight excluding hydrogens is 262 g/mol. The van der Waals surface area contributed by atoms with Crippen LogP contribution in [0, 0.1) is 11.8 Å². The third kappa shape index (κ3) is 2.64. The summed E-state index contributed by atoms with van der Waals surface area (Å²) >= 11 is 1.90. The van der Waals surface area contributed by atoms with E-state index in [0.29, 0.717) is 6.04 Å². The maximum Gasteiger partial charge on any atom is 0.0365 e. The molecule has 3 rings (SSSR count). The van der Waals surface area contributed by atoms with Crippen LogP contribution >= 0.6 is 11.3 Å². The summed E-state index contributed by atoms with van der Waals surface area (Å²) < 4.78 is 1.43. The van der Waals surface area contributed by atoms with E-state index in [-0.39, 0.29) is 0 Å². The van der Waals surface area contributed by atoms with Crippen LogP contribution in [0.25, 0.3) is 10.1 Å². The summed E-state index contributed by atoms with van der Waals surface area (Å²) in [4.78, 5) is 0. The largest absolute Gasteiger partial charge is 0.310 e. The third-order valence-electron chi connectivity index (χ3n) is 4.82. The number of benzene rings is 1. The fraction of sp³-hybridized carbons (Fsp3) is 0.556. The standard InChI is InChI=1S/C18H25NS/c1-3-11-19-18(14-9-6-7-13(14)2)16-12-20-17-10-5-4-8-15(16)17/h4-5,8,10,12-14,18-19H,3,6-7,9,11H2,1-2H3. The van der Waals surface area contributed by atoms with Crippen molar-refractivity contribution in [2.24, 2.45) is 11.8 Å². The zero-order valence-electron chi connectivity index (χ0n) is 12.6. The van der Waals surface area contributed by atoms with E-state index in [9.17, 15) is 0 Å². The molecule has 1 fully saturated rings. The van der Waals surface area contributed by atoms with E-state index in [4.69, 9.17) is 0 Å². The number of fused-ring (bicyclic) bond motifs is 1. The molecule has 0 bridgehead atoms. The second-order valence-electron chi connectivity index (χ2n) is 6.19. The topological polar surface area (TPSA) is 12.0 Å². The van der Waals surface area contributed by atoms with Gasteiger partial charge in [0.1, 0.15) is 0 Å². The van der Waals surface area contributed by atoms with Gasteiger partial charge in [-0.05, 0) is 53.6 Å². The van der Waals surface area contributed by atoms with E-state index >= 15 is 0 Å². The molecule has 2 heteroatoms. The van der Waals surface area contributed by atoms with Crippen molar-refractivity contribution in [1.82, 2.24) is 5.32 Å². The van der Waals surface area contributed by atoms with Crippen LogP contribution in [-0.2, 0) is 0 Å². The zero-order chi connectivity index (χ0) is 13.9. The van der Waals surface area contributed by atoms with Gasteiger partial charge in [0.15, 0.2) is 0 Å². The van der Waals surface area contributed by atoms with E-state index in [1.807, 2.05) is 11.3 Å². The Kier molecular flexibility index (Phi) is 4.42. The predicted octanol–water partition coefficient (Wildman–Crippen LogP) is 5.38. The van der Waals surface area contributed by atoms with Gasteiger partial charge >= 0.3 is 0 Å². The highest BCUT2D eigenvalue weighted by atomic mass is 32.1. The molecule has 0 spiro atoms. The van der Waals surface area contributed by atoms with E-state index < -0.39 is 0 Å². The number of hydrogen-bond acceptors (Lipinski definition) is 2. The Morgan fingerprint density at radius 2 is 2.15 bits per heavy atom. The highest BCUT2D eigenvalue weighted by molar-refractivity contribution is 7.17. The lowest BCUT2D eigenvalue weighted by Crippen LogP contribution is -2.30. The molecule has 108 valence electrons. The maximum absolute atomic E-state index is 3.84. The highest BCUT2D eigenvalue weighted by Gasteiger charge is 2.32. The molecule has 0 radical (unpaired) electrons. The van der Waals surface area contributed by atoms with Gasteiger partial charge in [0, 0.05) is 10.7 Å². The van der Waals surface area contributed by atoms with Crippen molar-refractivity contribution in [3.05, 3.63) is 35.2 Å². The molecule has 1 aromatic carbocycles. The van der Waals surface area contributed by atoms with Crippen LogP contribution in [0.1, 0.15) is 51.1 Å². The van der Waals surface area contributed by atoms with E-state index in [0.717, 1.165) is 18.4 Å². The lowest BCUT2D eigenvalue weighted by Gasteiger charge is -2.28. The number of thiophene rings is 1. The summed E-state index contributed by atoms with van der Waals surface area (Å²) in [6.07, 6.45) is 5.39. The Bertz CT molecular complexity index is 559. The van der Waals surface area contributed by atoms with Crippen LogP contribution in [0.3, 0.4) is 0 Å². The van der Waals surface area contributed by atoms with E-state index in [1.165, 1.54) is 41.3 Å². The Morgan fingerprint density at radius 1 is 1.30 bits per heavy atom. The molecule has 1 heterocycles. The third-order valence-corrected chi connectivity index (χ3v) is 5.80. The summed E-state index contributed by atoms with van der Waals surface area (Å²) in [5, 5.41) is 7.70. The lowest BCUT2D eigenvalue weighted by molar-refractivity contribution is 0.304. The van der Waals surface area contributed by atoms with E-state index in [2.05, 4.69) is 48.8 Å². The van der Waals surface area contributed by atoms with Crippen LogP contribution < -0.4 is 5.32 Å². The molecule has 20 heavy (non-hydrogen) atoms. The second kappa shape index (κ2) is 6.28. The van der Waals surface area contributed by atoms with Crippen molar-refractivity contribution < 1.29 is 0 Å². The average molecular weight is 287 g/mol. The molecular formula is C18H25NS.